The molecule has 0 atom stereocenters. The smallest absolute Gasteiger partial charge is 0.338 e. The lowest BCUT2D eigenvalue weighted by Crippen LogP contribution is -2.49. The molecule has 7 nitrogen and oxygen atoms in total. The predicted molar refractivity (Wildman–Crippen MR) is 125 cm³/mol. The molecule has 3 N–H and O–H groups in total. The van der Waals surface area contributed by atoms with Gasteiger partial charge in [0.25, 0.3) is 5.91 Å². The summed E-state index contributed by atoms with van der Waals surface area (Å²) in [7, 11) is 1.58. The Labute approximate surface area is 189 Å². The number of hydrogen-bond acceptors (Lipinski definition) is 4. The summed E-state index contributed by atoms with van der Waals surface area (Å²) < 4.78 is 5.30. The summed E-state index contributed by atoms with van der Waals surface area (Å²) in [6.45, 7) is 0. The van der Waals surface area contributed by atoms with Crippen molar-refractivity contribution in [3.8, 4) is 17.0 Å². The summed E-state index contributed by atoms with van der Waals surface area (Å²) in [4.78, 5) is 30.0. The van der Waals surface area contributed by atoms with E-state index in [4.69, 9.17) is 27.1 Å². The Morgan fingerprint density at radius 2 is 1.75 bits per heavy atom. The van der Waals surface area contributed by atoms with Crippen molar-refractivity contribution in [2.24, 2.45) is 5.73 Å². The number of nitrogens with one attached hydrogen (secondary N) is 1. The summed E-state index contributed by atoms with van der Waals surface area (Å²) in [6.07, 6.45) is 0. The van der Waals surface area contributed by atoms with E-state index in [1.807, 2.05) is 42.5 Å². The van der Waals surface area contributed by atoms with Gasteiger partial charge in [0.15, 0.2) is 0 Å². The van der Waals surface area contributed by atoms with Crippen LogP contribution in [0, 0.1) is 0 Å². The molecule has 0 spiro atoms. The van der Waals surface area contributed by atoms with Crippen LogP contribution in [0.25, 0.3) is 22.2 Å². The van der Waals surface area contributed by atoms with Crippen molar-refractivity contribution in [1.82, 2.24) is 10.4 Å². The van der Waals surface area contributed by atoms with Crippen molar-refractivity contribution in [2.75, 3.05) is 12.1 Å². The third kappa shape index (κ3) is 4.33. The first-order chi connectivity index (χ1) is 15.5. The molecule has 0 radical (unpaired) electrons. The van der Waals surface area contributed by atoms with Crippen LogP contribution in [0.3, 0.4) is 0 Å². The van der Waals surface area contributed by atoms with Crippen molar-refractivity contribution >= 4 is 40.1 Å². The van der Waals surface area contributed by atoms with Crippen molar-refractivity contribution in [1.29, 1.82) is 0 Å². The Hall–Kier alpha value is -4.10. The van der Waals surface area contributed by atoms with Gasteiger partial charge in [0.2, 0.25) is 0 Å². The second-order valence-corrected chi connectivity index (χ2v) is 7.33. The number of ether oxygens (including phenoxy) is 1. The van der Waals surface area contributed by atoms with Gasteiger partial charge in [-0.1, -0.05) is 41.9 Å². The molecule has 0 aliphatic rings. The molecule has 160 valence electrons. The number of hydrazine groups is 1. The number of pyridine rings is 1. The normalized spacial score (nSPS) is 10.6. The topological polar surface area (TPSA) is 97.5 Å². The molecular weight excluding hydrogens is 428 g/mol. The molecule has 1 heterocycles. The fraction of sp³-hybridized carbons (Fsp3) is 0.0417. The second-order valence-electron chi connectivity index (χ2n) is 6.90. The number of rotatable bonds is 4. The second kappa shape index (κ2) is 8.95. The zero-order valence-electron chi connectivity index (χ0n) is 17.1. The average Bonchev–Trinajstić information content (AvgIpc) is 2.82. The number of carbonyl (C=O) groups is 2. The van der Waals surface area contributed by atoms with E-state index < -0.39 is 11.9 Å². The van der Waals surface area contributed by atoms with Crippen molar-refractivity contribution in [2.45, 2.75) is 0 Å². The van der Waals surface area contributed by atoms with Crippen LogP contribution in [0.4, 0.5) is 10.5 Å². The van der Waals surface area contributed by atoms with Crippen LogP contribution in [-0.4, -0.2) is 24.0 Å². The van der Waals surface area contributed by atoms with Gasteiger partial charge in [-0.3, -0.25) is 10.2 Å². The number of fused-ring (bicyclic) bond motifs is 1. The van der Waals surface area contributed by atoms with E-state index in [0.717, 1.165) is 10.6 Å². The zero-order valence-corrected chi connectivity index (χ0v) is 17.8. The van der Waals surface area contributed by atoms with Gasteiger partial charge >= 0.3 is 6.03 Å². The molecule has 0 aliphatic carbocycles. The number of carbonyl (C=O) groups excluding carboxylic acids is 2. The molecule has 32 heavy (non-hydrogen) atoms. The molecule has 0 saturated carbocycles. The summed E-state index contributed by atoms with van der Waals surface area (Å²) in [6, 6.07) is 21.9. The maximum absolute atomic E-state index is 13.3. The standard InChI is InChI=1S/C24H19ClN4O3/c1-32-18-6-4-5-15(13-18)22-14-20(19-7-2-3-8-21(19)27-22)23(30)28-29(24(26)31)17-11-9-16(25)10-12-17/h2-14H,1H3,(H2,26,31)(H,28,30). The Morgan fingerprint density at radius 1 is 1.00 bits per heavy atom. The van der Waals surface area contributed by atoms with Gasteiger partial charge in [0.05, 0.1) is 29.6 Å². The summed E-state index contributed by atoms with van der Waals surface area (Å²) in [5, 5.41) is 2.10. The van der Waals surface area contributed by atoms with Gasteiger partial charge < -0.3 is 10.5 Å². The number of nitrogens with two attached hydrogens (primary N) is 1. The van der Waals surface area contributed by atoms with Gasteiger partial charge in [0.1, 0.15) is 5.75 Å². The Morgan fingerprint density at radius 3 is 2.47 bits per heavy atom. The third-order valence-electron chi connectivity index (χ3n) is 4.84. The largest absolute Gasteiger partial charge is 0.497 e. The molecule has 8 heteroatoms. The van der Waals surface area contributed by atoms with E-state index in [1.165, 1.54) is 0 Å². The van der Waals surface area contributed by atoms with Crippen LogP contribution in [0.2, 0.25) is 5.02 Å². The fourth-order valence-corrected chi connectivity index (χ4v) is 3.42. The predicted octanol–water partition coefficient (Wildman–Crippen LogP) is 4.79. The quantitative estimate of drug-likeness (QED) is 0.440. The van der Waals surface area contributed by atoms with E-state index in [1.54, 1.807) is 43.5 Å². The Balaban J connectivity index is 1.77. The Bertz CT molecular complexity index is 1310. The number of hydrogen-bond donors (Lipinski definition) is 2. The molecule has 3 aromatic carbocycles. The number of nitrogens with zero attached hydrogens (tertiary/aromatic N) is 2. The van der Waals surface area contributed by atoms with E-state index in [0.29, 0.717) is 38.6 Å². The first kappa shape index (κ1) is 21.1. The van der Waals surface area contributed by atoms with Crippen molar-refractivity contribution < 1.29 is 14.3 Å². The van der Waals surface area contributed by atoms with Gasteiger partial charge in [-0.25, -0.2) is 14.8 Å². The number of urea groups is 1. The van der Waals surface area contributed by atoms with E-state index in [2.05, 4.69) is 5.43 Å². The van der Waals surface area contributed by atoms with Crippen LogP contribution in [0.1, 0.15) is 10.4 Å². The molecular formula is C24H19ClN4O3. The van der Waals surface area contributed by atoms with Crippen molar-refractivity contribution in [3.63, 3.8) is 0 Å². The van der Waals surface area contributed by atoms with Gasteiger partial charge in [0, 0.05) is 16.0 Å². The molecule has 0 saturated heterocycles. The Kier molecular flexibility index (Phi) is 5.91. The summed E-state index contributed by atoms with van der Waals surface area (Å²) in [5.41, 5.74) is 10.8. The number of aromatic nitrogens is 1. The van der Waals surface area contributed by atoms with Crippen LogP contribution >= 0.6 is 11.6 Å². The number of primary amides is 1. The highest BCUT2D eigenvalue weighted by Crippen LogP contribution is 2.27. The monoisotopic (exact) mass is 446 g/mol. The van der Waals surface area contributed by atoms with Crippen molar-refractivity contribution in [3.05, 3.63) is 89.4 Å². The maximum atomic E-state index is 13.3. The lowest BCUT2D eigenvalue weighted by Gasteiger charge is -2.22. The highest BCUT2D eigenvalue weighted by molar-refractivity contribution is 6.30. The molecule has 4 rings (SSSR count). The van der Waals surface area contributed by atoms with E-state index >= 15 is 0 Å². The van der Waals surface area contributed by atoms with Crippen LogP contribution in [0.5, 0.6) is 5.75 Å². The zero-order chi connectivity index (χ0) is 22.7. The molecule has 0 bridgehead atoms. The van der Waals surface area contributed by atoms with Crippen LogP contribution in [0.15, 0.2) is 78.9 Å². The number of benzene rings is 3. The fourth-order valence-electron chi connectivity index (χ4n) is 3.29. The number of amides is 3. The van der Waals surface area contributed by atoms with E-state index in [9.17, 15) is 9.59 Å². The van der Waals surface area contributed by atoms with Gasteiger partial charge in [-0.2, -0.15) is 0 Å². The SMILES string of the molecule is COc1cccc(-c2cc(C(=O)NN(C(N)=O)c3ccc(Cl)cc3)c3ccccc3n2)c1. The van der Waals surface area contributed by atoms with Crippen LogP contribution in [-0.2, 0) is 0 Å². The van der Waals surface area contributed by atoms with Gasteiger partial charge in [-0.05, 0) is 48.5 Å². The third-order valence-corrected chi connectivity index (χ3v) is 5.10. The highest BCUT2D eigenvalue weighted by Gasteiger charge is 2.20. The highest BCUT2D eigenvalue weighted by atomic mass is 35.5. The molecule has 4 aromatic rings. The molecule has 3 amide bonds. The van der Waals surface area contributed by atoms with Gasteiger partial charge in [-0.15, -0.1) is 0 Å². The minimum atomic E-state index is -0.841. The molecule has 1 aromatic heterocycles. The summed E-state index contributed by atoms with van der Waals surface area (Å²) in [5.74, 6) is 0.160. The minimum absolute atomic E-state index is 0.341. The first-order valence-corrected chi connectivity index (χ1v) is 10.0. The summed E-state index contributed by atoms with van der Waals surface area (Å²) >= 11 is 5.92. The van der Waals surface area contributed by atoms with E-state index in [-0.39, 0.29) is 0 Å². The number of para-hydroxylation sites is 1. The lowest BCUT2D eigenvalue weighted by molar-refractivity contribution is 0.0952. The maximum Gasteiger partial charge on any atom is 0.338 e. The number of anilines is 1. The number of halogens is 1. The minimum Gasteiger partial charge on any atom is -0.497 e. The first-order valence-electron chi connectivity index (χ1n) is 9.66. The lowest BCUT2D eigenvalue weighted by atomic mass is 10.0. The molecule has 0 aliphatic heterocycles. The number of methoxy groups -OCH3 is 1. The average molecular weight is 447 g/mol. The molecule has 0 unspecified atom stereocenters. The molecule has 0 fully saturated rings. The van der Waals surface area contributed by atoms with Crippen LogP contribution < -0.4 is 20.9 Å².